The second-order valence-electron chi connectivity index (χ2n) is 9.37. The molecule has 6 rings (SSSR count). The van der Waals surface area contributed by atoms with E-state index in [9.17, 15) is 17.6 Å². The highest BCUT2D eigenvalue weighted by atomic mass is 19.3. The first kappa shape index (κ1) is 23.6. The van der Waals surface area contributed by atoms with Gasteiger partial charge in [0.25, 0.3) is 6.43 Å². The number of rotatable bonds is 5. The SMILES string of the molecule is CN1CCN(c2ccc(Nc3ncc(F)c(-c4cc(F)c5nc6n(c5c4)[C@H](C(F)F)CC6)n3)nc2)CC1. The summed E-state index contributed by atoms with van der Waals surface area (Å²) in [6, 6.07) is 5.19. The molecule has 0 spiro atoms. The molecule has 2 aliphatic rings. The first-order valence-electron chi connectivity index (χ1n) is 12.1. The number of anilines is 3. The lowest BCUT2D eigenvalue weighted by Gasteiger charge is -2.33. The van der Waals surface area contributed by atoms with Gasteiger partial charge in [-0.25, -0.2) is 37.5 Å². The summed E-state index contributed by atoms with van der Waals surface area (Å²) in [4.78, 5) is 21.4. The van der Waals surface area contributed by atoms with Gasteiger partial charge in [-0.05, 0) is 37.7 Å². The largest absolute Gasteiger partial charge is 0.368 e. The molecular formula is C25H24F4N8. The van der Waals surface area contributed by atoms with E-state index in [-0.39, 0.29) is 34.7 Å². The topological polar surface area (TPSA) is 75.0 Å². The number of likely N-dealkylation sites (N-methyl/N-ethyl adjacent to an activating group) is 1. The van der Waals surface area contributed by atoms with Crippen molar-refractivity contribution in [2.45, 2.75) is 25.3 Å². The maximum absolute atomic E-state index is 14.9. The van der Waals surface area contributed by atoms with Gasteiger partial charge in [0.05, 0.1) is 29.6 Å². The van der Waals surface area contributed by atoms with Gasteiger partial charge in [-0.15, -0.1) is 0 Å². The zero-order valence-electron chi connectivity index (χ0n) is 20.0. The van der Waals surface area contributed by atoms with E-state index < -0.39 is 24.1 Å². The van der Waals surface area contributed by atoms with E-state index in [0.29, 0.717) is 18.1 Å². The molecule has 1 N–H and O–H groups in total. The fourth-order valence-electron chi connectivity index (χ4n) is 4.98. The van der Waals surface area contributed by atoms with Crippen LogP contribution in [0.1, 0.15) is 18.3 Å². The molecule has 8 nitrogen and oxygen atoms in total. The lowest BCUT2D eigenvalue weighted by atomic mass is 10.1. The number of hydrogen-bond acceptors (Lipinski definition) is 7. The minimum absolute atomic E-state index is 0.0125. The van der Waals surface area contributed by atoms with E-state index in [1.54, 1.807) is 12.3 Å². The number of nitrogens with one attached hydrogen (secondary N) is 1. The molecule has 0 bridgehead atoms. The van der Waals surface area contributed by atoms with Gasteiger partial charge in [0.1, 0.15) is 22.9 Å². The van der Waals surface area contributed by atoms with Crippen molar-refractivity contribution in [3.05, 3.63) is 54.1 Å². The highest BCUT2D eigenvalue weighted by molar-refractivity contribution is 5.83. The van der Waals surface area contributed by atoms with Crippen LogP contribution in [-0.2, 0) is 6.42 Å². The summed E-state index contributed by atoms with van der Waals surface area (Å²) in [5, 5.41) is 2.95. The number of piperazine rings is 1. The molecule has 0 radical (unpaired) electrons. The molecule has 0 aliphatic carbocycles. The van der Waals surface area contributed by atoms with Crippen LogP contribution in [0.15, 0.2) is 36.7 Å². The lowest BCUT2D eigenvalue weighted by molar-refractivity contribution is 0.0883. The van der Waals surface area contributed by atoms with E-state index in [1.165, 1.54) is 10.6 Å². The Morgan fingerprint density at radius 2 is 1.78 bits per heavy atom. The van der Waals surface area contributed by atoms with Gasteiger partial charge in [0, 0.05) is 38.2 Å². The maximum Gasteiger partial charge on any atom is 0.259 e. The third-order valence-corrected chi connectivity index (χ3v) is 6.98. The van der Waals surface area contributed by atoms with Crippen molar-refractivity contribution in [1.29, 1.82) is 0 Å². The fraction of sp³-hybridized carbons (Fsp3) is 0.360. The molecule has 0 saturated carbocycles. The van der Waals surface area contributed by atoms with Gasteiger partial charge in [-0.2, -0.15) is 0 Å². The molecule has 12 heteroatoms. The van der Waals surface area contributed by atoms with Crippen molar-refractivity contribution < 1.29 is 17.6 Å². The molecule has 37 heavy (non-hydrogen) atoms. The van der Waals surface area contributed by atoms with Crippen LogP contribution >= 0.6 is 0 Å². The molecule has 1 fully saturated rings. The van der Waals surface area contributed by atoms with Crippen LogP contribution in [0, 0.1) is 11.6 Å². The number of benzene rings is 1. The summed E-state index contributed by atoms with van der Waals surface area (Å²) in [6.07, 6.45) is 0.662. The van der Waals surface area contributed by atoms with Gasteiger partial charge in [-0.1, -0.05) is 0 Å². The molecule has 0 unspecified atom stereocenters. The summed E-state index contributed by atoms with van der Waals surface area (Å²) in [5.74, 6) is -0.565. The lowest BCUT2D eigenvalue weighted by Crippen LogP contribution is -2.44. The first-order chi connectivity index (χ1) is 17.9. The molecule has 1 atom stereocenters. The number of alkyl halides is 2. The molecule has 1 aromatic carbocycles. The summed E-state index contributed by atoms with van der Waals surface area (Å²) >= 11 is 0. The van der Waals surface area contributed by atoms with Gasteiger partial charge < -0.3 is 19.7 Å². The fourth-order valence-corrected chi connectivity index (χ4v) is 4.98. The Bertz CT molecular complexity index is 1450. The molecule has 0 amide bonds. The summed E-state index contributed by atoms with van der Waals surface area (Å²) < 4.78 is 58.2. The van der Waals surface area contributed by atoms with Crippen molar-refractivity contribution in [2.75, 3.05) is 43.4 Å². The predicted molar refractivity (Wildman–Crippen MR) is 131 cm³/mol. The van der Waals surface area contributed by atoms with Gasteiger partial charge in [0.15, 0.2) is 11.6 Å². The zero-order valence-corrected chi connectivity index (χ0v) is 20.0. The second-order valence-corrected chi connectivity index (χ2v) is 9.37. The van der Waals surface area contributed by atoms with Gasteiger partial charge >= 0.3 is 0 Å². The minimum atomic E-state index is -2.62. The molecule has 1 saturated heterocycles. The quantitative estimate of drug-likeness (QED) is 0.397. The standard InChI is InChI=1S/C25H24F4N8/c1-35-6-8-36(9-7-35)15-2-4-20(30-12-15)32-25-31-13-17(27)22(34-25)14-10-16(26)23-19(11-14)37-18(24(28)29)3-5-21(37)33-23/h2,4,10-13,18,24H,3,5-9H2,1H3,(H,30,31,32,34)/t18-/m0/s1. The zero-order chi connectivity index (χ0) is 25.7. The predicted octanol–water partition coefficient (Wildman–Crippen LogP) is 4.41. The highest BCUT2D eigenvalue weighted by Crippen LogP contribution is 2.37. The number of aromatic nitrogens is 5. The van der Waals surface area contributed by atoms with Gasteiger partial charge in [-0.3, -0.25) is 0 Å². The summed E-state index contributed by atoms with van der Waals surface area (Å²) in [5.41, 5.74) is 1.13. The Morgan fingerprint density at radius 1 is 0.973 bits per heavy atom. The van der Waals surface area contributed by atoms with E-state index in [0.717, 1.165) is 44.1 Å². The van der Waals surface area contributed by atoms with Crippen LogP contribution in [0.2, 0.25) is 0 Å². The monoisotopic (exact) mass is 512 g/mol. The van der Waals surface area contributed by atoms with Crippen LogP contribution < -0.4 is 10.2 Å². The Hall–Kier alpha value is -3.80. The minimum Gasteiger partial charge on any atom is -0.368 e. The third kappa shape index (κ3) is 4.35. The second kappa shape index (κ2) is 9.25. The van der Waals surface area contributed by atoms with Crippen LogP contribution in [0.25, 0.3) is 22.3 Å². The average molecular weight is 513 g/mol. The number of imidazole rings is 1. The van der Waals surface area contributed by atoms with Crippen molar-refractivity contribution in [2.24, 2.45) is 0 Å². The van der Waals surface area contributed by atoms with E-state index >= 15 is 0 Å². The van der Waals surface area contributed by atoms with Crippen LogP contribution in [0.5, 0.6) is 0 Å². The van der Waals surface area contributed by atoms with E-state index in [1.807, 2.05) is 6.07 Å². The van der Waals surface area contributed by atoms with Crippen molar-refractivity contribution in [3.8, 4) is 11.3 Å². The van der Waals surface area contributed by atoms with Crippen molar-refractivity contribution in [3.63, 3.8) is 0 Å². The van der Waals surface area contributed by atoms with Crippen LogP contribution in [-0.4, -0.2) is 69.1 Å². The van der Waals surface area contributed by atoms with E-state index in [2.05, 4.69) is 42.1 Å². The highest BCUT2D eigenvalue weighted by Gasteiger charge is 2.33. The third-order valence-electron chi connectivity index (χ3n) is 6.98. The Labute approximate surface area is 210 Å². The Balaban J connectivity index is 1.29. The average Bonchev–Trinajstić information content (AvgIpc) is 3.47. The number of nitrogens with zero attached hydrogens (tertiary/aromatic N) is 7. The first-order valence-corrected chi connectivity index (χ1v) is 12.1. The Morgan fingerprint density at radius 3 is 2.51 bits per heavy atom. The van der Waals surface area contributed by atoms with E-state index in [4.69, 9.17) is 0 Å². The van der Waals surface area contributed by atoms with Crippen LogP contribution in [0.4, 0.5) is 35.0 Å². The number of aryl methyl sites for hydroxylation is 1. The molecule has 192 valence electrons. The normalized spacial score (nSPS) is 18.1. The molecule has 4 aromatic rings. The number of fused-ring (bicyclic) bond motifs is 3. The van der Waals surface area contributed by atoms with Crippen molar-refractivity contribution >= 4 is 28.5 Å². The number of hydrogen-bond donors (Lipinski definition) is 1. The van der Waals surface area contributed by atoms with Gasteiger partial charge in [0.2, 0.25) is 5.95 Å². The summed E-state index contributed by atoms with van der Waals surface area (Å²) in [7, 11) is 2.09. The number of pyridine rings is 1. The number of halogens is 4. The van der Waals surface area contributed by atoms with Crippen molar-refractivity contribution in [1.82, 2.24) is 29.4 Å². The molecular weight excluding hydrogens is 488 g/mol. The molecule has 3 aromatic heterocycles. The molecule has 5 heterocycles. The maximum atomic E-state index is 14.9. The summed E-state index contributed by atoms with van der Waals surface area (Å²) in [6.45, 7) is 3.77. The smallest absolute Gasteiger partial charge is 0.259 e. The Kier molecular flexibility index (Phi) is 5.90. The molecule has 2 aliphatic heterocycles. The van der Waals surface area contributed by atoms with Crippen LogP contribution in [0.3, 0.4) is 0 Å².